The minimum Gasteiger partial charge on any atom is -0.325 e. The topological polar surface area (TPSA) is 58.2 Å². The molecular weight excluding hydrogens is 497 g/mol. The van der Waals surface area contributed by atoms with Crippen molar-refractivity contribution in [3.63, 3.8) is 0 Å². The van der Waals surface area contributed by atoms with Crippen LogP contribution in [-0.2, 0) is 53.1 Å². The predicted octanol–water partition coefficient (Wildman–Crippen LogP) is 6.44. The Morgan fingerprint density at radius 1 is 0.647 bits per heavy atom. The van der Waals surface area contributed by atoms with Crippen LogP contribution in [0.25, 0.3) is 0 Å². The fourth-order valence-corrected chi connectivity index (χ4v) is 3.55. The first-order chi connectivity index (χ1) is 15.4. The first kappa shape index (κ1) is 27.9. The van der Waals surface area contributed by atoms with Crippen molar-refractivity contribution in [1.29, 1.82) is 0 Å². The summed E-state index contributed by atoms with van der Waals surface area (Å²) in [5, 5.41) is 5.81. The van der Waals surface area contributed by atoms with Gasteiger partial charge >= 0.3 is 0 Å². The van der Waals surface area contributed by atoms with Gasteiger partial charge in [-0.25, -0.2) is 0 Å². The zero-order chi connectivity index (χ0) is 24.2. The summed E-state index contributed by atoms with van der Waals surface area (Å²) in [7, 11) is 0. The summed E-state index contributed by atoms with van der Waals surface area (Å²) >= 11 is 0. The number of carbonyl (C=O) groups excluding carboxylic acids is 2. The van der Waals surface area contributed by atoms with E-state index in [9.17, 15) is 9.59 Å². The largest absolute Gasteiger partial charge is 0.325 e. The normalized spacial score (nSPS) is 11.5. The second-order valence-corrected chi connectivity index (χ2v) is 10.4. The molecule has 0 saturated heterocycles. The molecule has 3 aromatic rings. The van der Waals surface area contributed by atoms with Gasteiger partial charge in [-0.2, -0.15) is 30.3 Å². The zero-order valence-corrected chi connectivity index (χ0v) is 23.7. The van der Waals surface area contributed by atoms with E-state index in [-0.39, 0.29) is 55.4 Å². The van der Waals surface area contributed by atoms with Crippen molar-refractivity contribution in [3.8, 4) is 0 Å². The minimum atomic E-state index is -0.996. The fourth-order valence-electron chi connectivity index (χ4n) is 3.55. The van der Waals surface area contributed by atoms with Gasteiger partial charge in [0.05, 0.1) is 0 Å². The molecule has 4 nitrogen and oxygen atoms in total. The average Bonchev–Trinajstić information content (AvgIpc) is 2.74. The molecule has 0 unspecified atom stereocenters. The van der Waals surface area contributed by atoms with E-state index in [0.29, 0.717) is 16.9 Å². The average molecular weight is 531 g/mol. The van der Waals surface area contributed by atoms with Crippen molar-refractivity contribution < 1.29 is 42.3 Å². The van der Waals surface area contributed by atoms with E-state index in [0.717, 1.165) is 0 Å². The molecule has 0 bridgehead atoms. The third-order valence-corrected chi connectivity index (χ3v) is 5.64. The Balaban J connectivity index is 0.00000408. The molecule has 0 aliphatic heterocycles. The van der Waals surface area contributed by atoms with Crippen molar-refractivity contribution in [2.75, 3.05) is 10.6 Å². The van der Waals surface area contributed by atoms with E-state index in [2.05, 4.69) is 58.2 Å². The van der Waals surface area contributed by atoms with Gasteiger partial charge in [-0.3, -0.25) is 9.59 Å². The van der Waals surface area contributed by atoms with Crippen molar-refractivity contribution >= 4 is 23.2 Å². The first-order valence-electron chi connectivity index (χ1n) is 11.2. The predicted molar refractivity (Wildman–Crippen MR) is 136 cm³/mol. The van der Waals surface area contributed by atoms with Crippen LogP contribution in [0.4, 0.5) is 11.4 Å². The molecule has 0 aromatic heterocycles. The smallest absolute Gasteiger partial charge is 0.239 e. The maximum atomic E-state index is 13.2. The molecule has 0 aliphatic rings. The molecule has 2 N–H and O–H groups in total. The standard InChI is InChI=1S/C29H33N2O2.Y/c1-28(2,3)21-12-16-23(17-13-21)30-26(32)25(20-10-8-7-9-11-20)27(33)31-24-18-14-22(15-19-24)29(4,5)6;/h8-19,25H,1-6H3,(H,30,32)(H,31,33);/q-1;. The molecule has 5 heteroatoms. The van der Waals surface area contributed by atoms with Gasteiger partial charge in [0, 0.05) is 44.1 Å². The van der Waals surface area contributed by atoms with Crippen LogP contribution in [0.5, 0.6) is 0 Å². The molecule has 0 heterocycles. The number of hydrogen-bond acceptors (Lipinski definition) is 2. The summed E-state index contributed by atoms with van der Waals surface area (Å²) in [5.41, 5.74) is 4.31. The number of amides is 2. The van der Waals surface area contributed by atoms with Crippen LogP contribution in [0.3, 0.4) is 0 Å². The molecule has 1 radical (unpaired) electrons. The molecule has 175 valence electrons. The molecule has 0 spiro atoms. The Morgan fingerprint density at radius 2 is 1.00 bits per heavy atom. The van der Waals surface area contributed by atoms with Crippen LogP contribution in [0.1, 0.15) is 64.2 Å². The molecule has 3 rings (SSSR count). The van der Waals surface area contributed by atoms with E-state index in [1.165, 1.54) is 11.1 Å². The fraction of sp³-hybridized carbons (Fsp3) is 0.310. The van der Waals surface area contributed by atoms with Crippen LogP contribution in [0, 0.1) is 6.07 Å². The van der Waals surface area contributed by atoms with Crippen LogP contribution < -0.4 is 10.6 Å². The summed E-state index contributed by atoms with van der Waals surface area (Å²) < 4.78 is 0. The molecule has 0 saturated carbocycles. The molecule has 2 amide bonds. The van der Waals surface area contributed by atoms with E-state index in [1.807, 2.05) is 48.5 Å². The first-order valence-corrected chi connectivity index (χ1v) is 11.2. The van der Waals surface area contributed by atoms with Crippen molar-refractivity contribution in [3.05, 3.63) is 95.6 Å². The molecule has 0 fully saturated rings. The SMILES string of the molecule is CC(C)(C)c1ccc(NC(=O)C(C(=O)Nc2ccc(C(C)(C)C)cc2)c2cc[c-]cc2)cc1.[Y]. The number of anilines is 2. The maximum Gasteiger partial charge on any atom is 0.239 e. The summed E-state index contributed by atoms with van der Waals surface area (Å²) in [6, 6.07) is 25.3. The van der Waals surface area contributed by atoms with Gasteiger partial charge in [0.1, 0.15) is 5.92 Å². The molecule has 34 heavy (non-hydrogen) atoms. The van der Waals surface area contributed by atoms with Crippen molar-refractivity contribution in [2.24, 2.45) is 0 Å². The summed E-state index contributed by atoms with van der Waals surface area (Å²) in [6.07, 6.45) is 0. The quantitative estimate of drug-likeness (QED) is 0.295. The Bertz CT molecular complexity index is 1020. The molecule has 0 aliphatic carbocycles. The van der Waals surface area contributed by atoms with E-state index >= 15 is 0 Å². The molecular formula is C29H33N2O2Y-. The van der Waals surface area contributed by atoms with Crippen molar-refractivity contribution in [2.45, 2.75) is 58.3 Å². The zero-order valence-electron chi connectivity index (χ0n) is 20.9. The second kappa shape index (κ2) is 11.4. The van der Waals surface area contributed by atoms with Crippen molar-refractivity contribution in [1.82, 2.24) is 0 Å². The summed E-state index contributed by atoms with van der Waals surface area (Å²) in [6.45, 7) is 12.8. The van der Waals surface area contributed by atoms with Gasteiger partial charge in [0.25, 0.3) is 0 Å². The van der Waals surface area contributed by atoms with Crippen LogP contribution in [0.15, 0.2) is 72.8 Å². The Labute approximate surface area is 228 Å². The van der Waals surface area contributed by atoms with E-state index < -0.39 is 5.92 Å². The second-order valence-electron chi connectivity index (χ2n) is 10.4. The van der Waals surface area contributed by atoms with Gasteiger partial charge < -0.3 is 10.6 Å². The van der Waals surface area contributed by atoms with Crippen LogP contribution >= 0.6 is 0 Å². The Kier molecular flexibility index (Phi) is 9.39. The number of rotatable bonds is 5. The maximum absolute atomic E-state index is 13.2. The van der Waals surface area contributed by atoms with Gasteiger partial charge in [-0.05, 0) is 46.2 Å². The summed E-state index contributed by atoms with van der Waals surface area (Å²) in [5.74, 6) is -1.76. The van der Waals surface area contributed by atoms with E-state index in [1.54, 1.807) is 24.3 Å². The molecule has 3 aromatic carbocycles. The number of benzene rings is 3. The van der Waals surface area contributed by atoms with Gasteiger partial charge in [0.2, 0.25) is 11.8 Å². The third-order valence-electron chi connectivity index (χ3n) is 5.64. The van der Waals surface area contributed by atoms with E-state index in [4.69, 9.17) is 0 Å². The Hall–Kier alpha value is -2.30. The van der Waals surface area contributed by atoms with Crippen LogP contribution in [0.2, 0.25) is 0 Å². The number of carbonyl (C=O) groups is 2. The number of nitrogens with one attached hydrogen (secondary N) is 2. The molecule has 0 atom stereocenters. The van der Waals surface area contributed by atoms with Gasteiger partial charge in [-0.1, -0.05) is 65.8 Å². The monoisotopic (exact) mass is 530 g/mol. The summed E-state index contributed by atoms with van der Waals surface area (Å²) in [4.78, 5) is 26.5. The minimum absolute atomic E-state index is 0. The van der Waals surface area contributed by atoms with Gasteiger partial charge in [-0.15, -0.1) is 5.56 Å². The van der Waals surface area contributed by atoms with Crippen LogP contribution in [-0.4, -0.2) is 11.8 Å². The Morgan fingerprint density at radius 3 is 1.32 bits per heavy atom. The number of hydrogen-bond donors (Lipinski definition) is 2. The van der Waals surface area contributed by atoms with Gasteiger partial charge in [0.15, 0.2) is 0 Å². The third kappa shape index (κ3) is 7.35.